The molecular weight excluding hydrogens is 237 g/mol. The number of hydrogen-bond donors (Lipinski definition) is 1. The largest absolute Gasteiger partial charge is 0.476 e. The Labute approximate surface area is 103 Å². The standard InChI is InChI=1S/C12H10FN3O2/c1-16(10-5-3-2-4-8(10)13)11-7-6-9(12(17)18)14-15-11/h2-7H,1H3,(H,17,18). The molecule has 6 heteroatoms. The summed E-state index contributed by atoms with van der Waals surface area (Å²) in [4.78, 5) is 12.1. The molecular formula is C12H10FN3O2. The van der Waals surface area contributed by atoms with Gasteiger partial charge in [0, 0.05) is 7.05 Å². The second-order valence-corrected chi connectivity index (χ2v) is 3.59. The summed E-state index contributed by atoms with van der Waals surface area (Å²) in [6.07, 6.45) is 0. The van der Waals surface area contributed by atoms with Gasteiger partial charge in [0.15, 0.2) is 11.5 Å². The van der Waals surface area contributed by atoms with Crippen molar-refractivity contribution < 1.29 is 14.3 Å². The molecule has 18 heavy (non-hydrogen) atoms. The maximum atomic E-state index is 13.5. The number of rotatable bonds is 3. The minimum atomic E-state index is -1.15. The van der Waals surface area contributed by atoms with Gasteiger partial charge in [-0.1, -0.05) is 12.1 Å². The van der Waals surface area contributed by atoms with Crippen molar-refractivity contribution in [1.29, 1.82) is 0 Å². The molecule has 0 aliphatic heterocycles. The molecule has 1 aromatic heterocycles. The average Bonchev–Trinajstić information content (AvgIpc) is 2.38. The molecule has 1 aromatic carbocycles. The zero-order valence-corrected chi connectivity index (χ0v) is 9.54. The predicted octanol–water partition coefficient (Wildman–Crippen LogP) is 2.08. The van der Waals surface area contributed by atoms with Gasteiger partial charge in [-0.05, 0) is 24.3 Å². The molecule has 1 N–H and O–H groups in total. The first kappa shape index (κ1) is 12.0. The minimum Gasteiger partial charge on any atom is -0.476 e. The van der Waals surface area contributed by atoms with Crippen LogP contribution in [-0.4, -0.2) is 28.3 Å². The number of hydrogen-bond acceptors (Lipinski definition) is 4. The molecule has 1 heterocycles. The van der Waals surface area contributed by atoms with E-state index in [0.717, 1.165) is 0 Å². The van der Waals surface area contributed by atoms with Crippen LogP contribution in [0.2, 0.25) is 0 Å². The van der Waals surface area contributed by atoms with Crippen LogP contribution in [0, 0.1) is 5.82 Å². The molecule has 2 rings (SSSR count). The van der Waals surface area contributed by atoms with E-state index >= 15 is 0 Å². The summed E-state index contributed by atoms with van der Waals surface area (Å²) in [6, 6.07) is 9.03. The zero-order valence-electron chi connectivity index (χ0n) is 9.54. The minimum absolute atomic E-state index is 0.152. The molecule has 92 valence electrons. The highest BCUT2D eigenvalue weighted by atomic mass is 19.1. The van der Waals surface area contributed by atoms with Crippen molar-refractivity contribution in [2.45, 2.75) is 0 Å². The van der Waals surface area contributed by atoms with Gasteiger partial charge >= 0.3 is 5.97 Å². The number of carbonyl (C=O) groups is 1. The van der Waals surface area contributed by atoms with Gasteiger partial charge in [-0.15, -0.1) is 10.2 Å². The number of carboxylic acid groups (broad SMARTS) is 1. The van der Waals surface area contributed by atoms with E-state index in [1.54, 1.807) is 25.2 Å². The third-order valence-electron chi connectivity index (χ3n) is 2.43. The number of aromatic nitrogens is 2. The fraction of sp³-hybridized carbons (Fsp3) is 0.0833. The van der Waals surface area contributed by atoms with Gasteiger partial charge in [0.25, 0.3) is 0 Å². The third-order valence-corrected chi connectivity index (χ3v) is 2.43. The van der Waals surface area contributed by atoms with E-state index in [1.807, 2.05) is 0 Å². The predicted molar refractivity (Wildman–Crippen MR) is 63.5 cm³/mol. The summed E-state index contributed by atoms with van der Waals surface area (Å²) in [5.74, 6) is -1.17. The van der Waals surface area contributed by atoms with Crippen molar-refractivity contribution in [2.75, 3.05) is 11.9 Å². The van der Waals surface area contributed by atoms with Crippen LogP contribution in [0.4, 0.5) is 15.9 Å². The summed E-state index contributed by atoms with van der Waals surface area (Å²) in [5.41, 5.74) is 0.190. The van der Waals surface area contributed by atoms with E-state index in [0.29, 0.717) is 11.5 Å². The van der Waals surface area contributed by atoms with E-state index in [-0.39, 0.29) is 11.5 Å². The molecule has 0 saturated heterocycles. The van der Waals surface area contributed by atoms with Crippen molar-refractivity contribution in [2.24, 2.45) is 0 Å². The lowest BCUT2D eigenvalue weighted by atomic mass is 10.3. The van der Waals surface area contributed by atoms with E-state index in [2.05, 4.69) is 10.2 Å². The van der Waals surface area contributed by atoms with E-state index < -0.39 is 5.97 Å². The molecule has 0 spiro atoms. The number of anilines is 2. The highest BCUT2D eigenvalue weighted by molar-refractivity contribution is 5.85. The second-order valence-electron chi connectivity index (χ2n) is 3.59. The Hall–Kier alpha value is -2.50. The van der Waals surface area contributed by atoms with Crippen LogP contribution in [0.25, 0.3) is 0 Å². The summed E-state index contributed by atoms with van der Waals surface area (Å²) >= 11 is 0. The SMILES string of the molecule is CN(c1ccc(C(=O)O)nn1)c1ccccc1F. The molecule has 0 aliphatic rings. The zero-order chi connectivity index (χ0) is 13.1. The molecule has 0 aliphatic carbocycles. The molecule has 0 unspecified atom stereocenters. The van der Waals surface area contributed by atoms with Crippen LogP contribution in [-0.2, 0) is 0 Å². The first-order chi connectivity index (χ1) is 8.59. The smallest absolute Gasteiger partial charge is 0.356 e. The normalized spacial score (nSPS) is 10.1. The van der Waals surface area contributed by atoms with Gasteiger partial charge < -0.3 is 10.0 Å². The average molecular weight is 247 g/mol. The Morgan fingerprint density at radius 3 is 2.50 bits per heavy atom. The first-order valence-corrected chi connectivity index (χ1v) is 5.15. The van der Waals surface area contributed by atoms with Crippen molar-refractivity contribution >= 4 is 17.5 Å². The van der Waals surface area contributed by atoms with Gasteiger partial charge in [0.05, 0.1) is 5.69 Å². The fourth-order valence-electron chi connectivity index (χ4n) is 1.47. The van der Waals surface area contributed by atoms with Crippen LogP contribution < -0.4 is 4.90 Å². The van der Waals surface area contributed by atoms with Crippen molar-refractivity contribution in [3.63, 3.8) is 0 Å². The Kier molecular flexibility index (Phi) is 3.18. The quantitative estimate of drug-likeness (QED) is 0.899. The lowest BCUT2D eigenvalue weighted by Crippen LogP contribution is -2.14. The number of para-hydroxylation sites is 1. The van der Waals surface area contributed by atoms with Gasteiger partial charge in [0.1, 0.15) is 5.82 Å². The van der Waals surface area contributed by atoms with E-state index in [4.69, 9.17) is 5.11 Å². The summed E-state index contributed by atoms with van der Waals surface area (Å²) < 4.78 is 13.5. The van der Waals surface area contributed by atoms with Crippen molar-refractivity contribution in [3.8, 4) is 0 Å². The summed E-state index contributed by atoms with van der Waals surface area (Å²) in [7, 11) is 1.63. The summed E-state index contributed by atoms with van der Waals surface area (Å²) in [6.45, 7) is 0. The van der Waals surface area contributed by atoms with Gasteiger partial charge in [-0.2, -0.15) is 0 Å². The van der Waals surface area contributed by atoms with Crippen LogP contribution in [0.5, 0.6) is 0 Å². The Bertz CT molecular complexity index is 572. The Morgan fingerprint density at radius 1 is 1.22 bits per heavy atom. The molecule has 0 bridgehead atoms. The molecule has 0 saturated carbocycles. The molecule has 0 radical (unpaired) electrons. The number of halogens is 1. The first-order valence-electron chi connectivity index (χ1n) is 5.15. The lowest BCUT2D eigenvalue weighted by Gasteiger charge is -2.17. The van der Waals surface area contributed by atoms with Crippen molar-refractivity contribution in [1.82, 2.24) is 10.2 Å². The second kappa shape index (κ2) is 4.79. The monoisotopic (exact) mass is 247 g/mol. The summed E-state index contributed by atoms with van der Waals surface area (Å²) in [5, 5.41) is 16.0. The number of benzene rings is 1. The topological polar surface area (TPSA) is 66.3 Å². The van der Waals surface area contributed by atoms with Crippen LogP contribution in [0.3, 0.4) is 0 Å². The maximum Gasteiger partial charge on any atom is 0.356 e. The number of carboxylic acids is 1. The molecule has 0 amide bonds. The van der Waals surface area contributed by atoms with Crippen LogP contribution in [0.1, 0.15) is 10.5 Å². The maximum absolute atomic E-state index is 13.5. The third kappa shape index (κ3) is 2.27. The van der Waals surface area contributed by atoms with Gasteiger partial charge in [0.2, 0.25) is 0 Å². The van der Waals surface area contributed by atoms with E-state index in [9.17, 15) is 9.18 Å². The number of aromatic carboxylic acids is 1. The molecule has 2 aromatic rings. The van der Waals surface area contributed by atoms with Gasteiger partial charge in [-0.25, -0.2) is 9.18 Å². The van der Waals surface area contributed by atoms with Crippen LogP contribution in [0.15, 0.2) is 36.4 Å². The highest BCUT2D eigenvalue weighted by Crippen LogP contribution is 2.23. The number of nitrogens with zero attached hydrogens (tertiary/aromatic N) is 3. The Morgan fingerprint density at radius 2 is 1.94 bits per heavy atom. The molecule has 0 fully saturated rings. The van der Waals surface area contributed by atoms with Crippen molar-refractivity contribution in [3.05, 3.63) is 47.9 Å². The van der Waals surface area contributed by atoms with Gasteiger partial charge in [-0.3, -0.25) is 0 Å². The van der Waals surface area contributed by atoms with Crippen LogP contribution >= 0.6 is 0 Å². The fourth-order valence-corrected chi connectivity index (χ4v) is 1.47. The van der Waals surface area contributed by atoms with E-state index in [1.165, 1.54) is 23.1 Å². The molecule has 0 atom stereocenters. The molecule has 5 nitrogen and oxygen atoms in total. The Balaban J connectivity index is 2.32. The highest BCUT2D eigenvalue weighted by Gasteiger charge is 2.11. The lowest BCUT2D eigenvalue weighted by molar-refractivity contribution is 0.0689.